The van der Waals surface area contributed by atoms with Crippen molar-refractivity contribution in [2.24, 2.45) is 0 Å². The molecule has 1 fully saturated rings. The van der Waals surface area contributed by atoms with Gasteiger partial charge in [-0.3, -0.25) is 9.59 Å². The van der Waals surface area contributed by atoms with Gasteiger partial charge in [0.1, 0.15) is 11.1 Å². The van der Waals surface area contributed by atoms with E-state index in [1.54, 1.807) is 6.26 Å². The van der Waals surface area contributed by atoms with Gasteiger partial charge in [-0.25, -0.2) is 0 Å². The Hall–Kier alpha value is -3.33. The van der Waals surface area contributed by atoms with E-state index in [1.807, 2.05) is 36.4 Å². The van der Waals surface area contributed by atoms with Gasteiger partial charge in [0, 0.05) is 10.9 Å². The number of amides is 1. The van der Waals surface area contributed by atoms with Crippen LogP contribution in [0.4, 0.5) is 0 Å². The second-order valence-electron chi connectivity index (χ2n) is 7.97. The van der Waals surface area contributed by atoms with Gasteiger partial charge in [0.25, 0.3) is 5.91 Å². The maximum absolute atomic E-state index is 12.5. The van der Waals surface area contributed by atoms with Crippen LogP contribution in [0.25, 0.3) is 21.7 Å². The van der Waals surface area contributed by atoms with Crippen LogP contribution in [-0.2, 0) is 20.7 Å². The topological polar surface area (TPSA) is 92.3 Å². The lowest BCUT2D eigenvalue weighted by atomic mass is 9.83. The molecule has 4 rings (SSSR count). The molecule has 1 aliphatic rings. The van der Waals surface area contributed by atoms with Crippen LogP contribution in [0.15, 0.2) is 47.1 Å². The van der Waals surface area contributed by atoms with E-state index in [2.05, 4.69) is 11.4 Å². The van der Waals surface area contributed by atoms with Crippen LogP contribution < -0.4 is 5.32 Å². The highest BCUT2D eigenvalue weighted by Gasteiger charge is 2.35. The summed E-state index contributed by atoms with van der Waals surface area (Å²) in [7, 11) is 0. The van der Waals surface area contributed by atoms with Gasteiger partial charge < -0.3 is 14.5 Å². The monoisotopic (exact) mass is 404 g/mol. The van der Waals surface area contributed by atoms with E-state index in [0.717, 1.165) is 41.0 Å². The highest BCUT2D eigenvalue weighted by molar-refractivity contribution is 6.08. The number of nitrogens with zero attached hydrogens (tertiary/aromatic N) is 1. The molecule has 1 aliphatic carbocycles. The van der Waals surface area contributed by atoms with Gasteiger partial charge in [-0.05, 0) is 36.6 Å². The number of carbonyl (C=O) groups excluding carboxylic acids is 2. The Morgan fingerprint density at radius 3 is 2.73 bits per heavy atom. The molecular formula is C24H24N2O4. The summed E-state index contributed by atoms with van der Waals surface area (Å²) in [5.74, 6) is -0.947. The number of nitriles is 1. The first kappa shape index (κ1) is 20.0. The molecule has 1 aromatic heterocycles. The van der Waals surface area contributed by atoms with Crippen LogP contribution in [-0.4, -0.2) is 23.5 Å². The summed E-state index contributed by atoms with van der Waals surface area (Å²) in [6.07, 6.45) is 4.73. The van der Waals surface area contributed by atoms with Crippen molar-refractivity contribution in [2.75, 3.05) is 0 Å². The molecule has 6 nitrogen and oxygen atoms in total. The number of hydrogen-bond donors (Lipinski definition) is 1. The van der Waals surface area contributed by atoms with Crippen LogP contribution in [0.2, 0.25) is 0 Å². The SMILES string of the molecule is C[C@H](OC(=O)Cc1coc2ccc3ccccc3c12)C(=O)NC1(C#N)CCCCC1. The Morgan fingerprint density at radius 1 is 1.20 bits per heavy atom. The lowest BCUT2D eigenvalue weighted by molar-refractivity contribution is -0.154. The first-order chi connectivity index (χ1) is 14.5. The summed E-state index contributed by atoms with van der Waals surface area (Å²) in [5, 5.41) is 15.3. The molecule has 0 spiro atoms. The third-order valence-corrected chi connectivity index (χ3v) is 5.84. The third-order valence-electron chi connectivity index (χ3n) is 5.84. The molecule has 0 radical (unpaired) electrons. The zero-order chi connectivity index (χ0) is 21.1. The number of nitrogens with one attached hydrogen (secondary N) is 1. The lowest BCUT2D eigenvalue weighted by Crippen LogP contribution is -2.52. The molecule has 3 aromatic rings. The third kappa shape index (κ3) is 3.88. The highest BCUT2D eigenvalue weighted by Crippen LogP contribution is 2.30. The van der Waals surface area contributed by atoms with Crippen molar-refractivity contribution in [3.63, 3.8) is 0 Å². The zero-order valence-electron chi connectivity index (χ0n) is 16.9. The summed E-state index contributed by atoms with van der Waals surface area (Å²) in [5.41, 5.74) is 0.575. The summed E-state index contributed by atoms with van der Waals surface area (Å²) in [6.45, 7) is 1.53. The van der Waals surface area contributed by atoms with Crippen LogP contribution in [0.3, 0.4) is 0 Å². The molecule has 0 aliphatic heterocycles. The van der Waals surface area contributed by atoms with E-state index in [-0.39, 0.29) is 6.42 Å². The van der Waals surface area contributed by atoms with E-state index < -0.39 is 23.5 Å². The lowest BCUT2D eigenvalue weighted by Gasteiger charge is -2.32. The van der Waals surface area contributed by atoms with Crippen molar-refractivity contribution in [3.8, 4) is 6.07 Å². The maximum Gasteiger partial charge on any atom is 0.311 e. The van der Waals surface area contributed by atoms with Crippen molar-refractivity contribution >= 4 is 33.6 Å². The second-order valence-corrected chi connectivity index (χ2v) is 7.97. The summed E-state index contributed by atoms with van der Waals surface area (Å²) >= 11 is 0. The average Bonchev–Trinajstić information content (AvgIpc) is 3.17. The van der Waals surface area contributed by atoms with E-state index in [4.69, 9.17) is 9.15 Å². The van der Waals surface area contributed by atoms with Gasteiger partial charge in [0.2, 0.25) is 0 Å². The number of fused-ring (bicyclic) bond motifs is 3. The molecule has 1 N–H and O–H groups in total. The van der Waals surface area contributed by atoms with Gasteiger partial charge in [-0.15, -0.1) is 0 Å². The Balaban J connectivity index is 1.45. The minimum atomic E-state index is -0.973. The predicted molar refractivity (Wildman–Crippen MR) is 113 cm³/mol. The number of benzene rings is 2. The van der Waals surface area contributed by atoms with Crippen LogP contribution in [0.5, 0.6) is 0 Å². The molecular weight excluding hydrogens is 380 g/mol. The number of carbonyl (C=O) groups is 2. The highest BCUT2D eigenvalue weighted by atomic mass is 16.5. The van der Waals surface area contributed by atoms with E-state index in [9.17, 15) is 14.9 Å². The van der Waals surface area contributed by atoms with Gasteiger partial charge in [0.15, 0.2) is 6.10 Å². The van der Waals surface area contributed by atoms with Crippen molar-refractivity contribution < 1.29 is 18.7 Å². The Kier molecular flexibility index (Phi) is 5.45. The van der Waals surface area contributed by atoms with E-state index in [1.165, 1.54) is 6.92 Å². The first-order valence-electron chi connectivity index (χ1n) is 10.3. The first-order valence-corrected chi connectivity index (χ1v) is 10.3. The Labute approximate surface area is 174 Å². The van der Waals surface area contributed by atoms with Gasteiger partial charge in [-0.1, -0.05) is 49.6 Å². The Morgan fingerprint density at radius 2 is 1.97 bits per heavy atom. The minimum Gasteiger partial charge on any atom is -0.464 e. The molecule has 1 atom stereocenters. The summed E-state index contributed by atoms with van der Waals surface area (Å²) < 4.78 is 11.0. The van der Waals surface area contributed by atoms with Crippen LogP contribution in [0.1, 0.15) is 44.6 Å². The molecule has 6 heteroatoms. The van der Waals surface area contributed by atoms with Gasteiger partial charge in [0.05, 0.1) is 18.8 Å². The van der Waals surface area contributed by atoms with Crippen molar-refractivity contribution in [3.05, 3.63) is 48.2 Å². The predicted octanol–water partition coefficient (Wildman–Crippen LogP) is 4.40. The normalized spacial score (nSPS) is 16.7. The smallest absolute Gasteiger partial charge is 0.311 e. The standard InChI is InChI=1S/C24H24N2O4/c1-16(23(28)26-24(15-25)11-5-2-6-12-24)30-21(27)13-18-14-29-20-10-9-17-7-3-4-8-19(17)22(18)20/h3-4,7-10,14,16H,2,5-6,11-13H2,1H3,(H,26,28)/t16-/m0/s1. The Bertz CT molecular complexity index is 1140. The maximum atomic E-state index is 12.5. The molecule has 0 unspecified atom stereocenters. The number of furan rings is 1. The van der Waals surface area contributed by atoms with Crippen molar-refractivity contribution in [1.29, 1.82) is 5.26 Å². The van der Waals surface area contributed by atoms with Gasteiger partial charge >= 0.3 is 5.97 Å². The molecule has 154 valence electrons. The number of rotatable bonds is 5. The fraction of sp³-hybridized carbons (Fsp3) is 0.375. The van der Waals surface area contributed by atoms with E-state index >= 15 is 0 Å². The number of ether oxygens (including phenoxy) is 1. The number of esters is 1. The van der Waals surface area contributed by atoms with E-state index in [0.29, 0.717) is 18.4 Å². The molecule has 1 saturated carbocycles. The summed E-state index contributed by atoms with van der Waals surface area (Å²) in [6, 6.07) is 14.0. The van der Waals surface area contributed by atoms with Crippen LogP contribution >= 0.6 is 0 Å². The second kappa shape index (κ2) is 8.19. The average molecular weight is 404 g/mol. The fourth-order valence-corrected chi connectivity index (χ4v) is 4.21. The molecule has 2 aromatic carbocycles. The molecule has 1 amide bonds. The molecule has 1 heterocycles. The van der Waals surface area contributed by atoms with Gasteiger partial charge in [-0.2, -0.15) is 5.26 Å². The fourth-order valence-electron chi connectivity index (χ4n) is 4.21. The van der Waals surface area contributed by atoms with Crippen LogP contribution in [0, 0.1) is 11.3 Å². The zero-order valence-corrected chi connectivity index (χ0v) is 16.9. The molecule has 0 bridgehead atoms. The minimum absolute atomic E-state index is 0.00200. The summed E-state index contributed by atoms with van der Waals surface area (Å²) in [4.78, 5) is 25.1. The largest absolute Gasteiger partial charge is 0.464 e. The molecule has 0 saturated heterocycles. The van der Waals surface area contributed by atoms with Crippen molar-refractivity contribution in [1.82, 2.24) is 5.32 Å². The number of hydrogen-bond acceptors (Lipinski definition) is 5. The van der Waals surface area contributed by atoms with Crippen molar-refractivity contribution in [2.45, 2.75) is 57.1 Å². The molecule has 30 heavy (non-hydrogen) atoms. The quantitative estimate of drug-likeness (QED) is 0.636.